The highest BCUT2D eigenvalue weighted by Gasteiger charge is 2.26. The van der Waals surface area contributed by atoms with Crippen LogP contribution in [0.15, 0.2) is 47.5 Å². The van der Waals surface area contributed by atoms with Crippen molar-refractivity contribution < 1.29 is 23.4 Å². The zero-order chi connectivity index (χ0) is 21.5. The second-order valence-corrected chi connectivity index (χ2v) is 6.84. The number of nitrogens with one attached hydrogen (secondary N) is 2. The number of aromatic hydroxyl groups is 1. The molecule has 2 aromatic carbocycles. The molecule has 0 bridgehead atoms. The first kappa shape index (κ1) is 24.8. The normalized spacial score (nSPS) is 16.1. The number of rotatable bonds is 7. The molecule has 170 valence electrons. The van der Waals surface area contributed by atoms with Crippen LogP contribution in [-0.2, 0) is 6.54 Å². The van der Waals surface area contributed by atoms with Crippen LogP contribution in [-0.4, -0.2) is 51.0 Å². The van der Waals surface area contributed by atoms with E-state index < -0.39 is 6.61 Å². The molecule has 1 atom stereocenters. The summed E-state index contributed by atoms with van der Waals surface area (Å²) in [5.74, 6) is 1.58. The van der Waals surface area contributed by atoms with Crippen LogP contribution >= 0.6 is 24.0 Å². The molecule has 1 heterocycles. The Balaban J connectivity index is 0.00000341. The Hall–Kier alpha value is -2.50. The molecule has 10 heteroatoms. The number of anilines is 1. The van der Waals surface area contributed by atoms with Crippen LogP contribution in [0.25, 0.3) is 0 Å². The molecule has 1 unspecified atom stereocenters. The SMILES string of the molecule is CN=C(NCc1cc(OC)ccc1O)NC1CCN(c2ccccc2OC(F)F)C1.I. The van der Waals surface area contributed by atoms with Gasteiger partial charge in [-0.15, -0.1) is 24.0 Å². The van der Waals surface area contributed by atoms with Crippen LogP contribution in [0.3, 0.4) is 0 Å². The molecule has 0 saturated carbocycles. The number of ether oxygens (including phenoxy) is 2. The second-order valence-electron chi connectivity index (χ2n) is 6.84. The maximum Gasteiger partial charge on any atom is 0.387 e. The number of benzene rings is 2. The average molecular weight is 548 g/mol. The summed E-state index contributed by atoms with van der Waals surface area (Å²) in [4.78, 5) is 6.24. The number of aliphatic imine (C=N–C) groups is 1. The van der Waals surface area contributed by atoms with Crippen molar-refractivity contribution in [2.45, 2.75) is 25.6 Å². The Labute approximate surface area is 197 Å². The van der Waals surface area contributed by atoms with Crippen molar-refractivity contribution >= 4 is 35.6 Å². The van der Waals surface area contributed by atoms with E-state index in [0.717, 1.165) is 6.42 Å². The van der Waals surface area contributed by atoms with Gasteiger partial charge in [-0.2, -0.15) is 8.78 Å². The van der Waals surface area contributed by atoms with Gasteiger partial charge in [0, 0.05) is 38.3 Å². The fourth-order valence-electron chi connectivity index (χ4n) is 3.41. The lowest BCUT2D eigenvalue weighted by Crippen LogP contribution is -2.44. The van der Waals surface area contributed by atoms with Gasteiger partial charge in [0.2, 0.25) is 0 Å². The Morgan fingerprint density at radius 2 is 2.06 bits per heavy atom. The second kappa shape index (κ2) is 11.8. The van der Waals surface area contributed by atoms with E-state index in [9.17, 15) is 13.9 Å². The van der Waals surface area contributed by atoms with Crippen molar-refractivity contribution in [2.75, 3.05) is 32.1 Å². The first-order valence-corrected chi connectivity index (χ1v) is 9.62. The first-order valence-electron chi connectivity index (χ1n) is 9.62. The average Bonchev–Trinajstić information content (AvgIpc) is 3.20. The summed E-state index contributed by atoms with van der Waals surface area (Å²) in [5.41, 5.74) is 1.33. The highest BCUT2D eigenvalue weighted by atomic mass is 127. The van der Waals surface area contributed by atoms with E-state index in [1.54, 1.807) is 56.6 Å². The van der Waals surface area contributed by atoms with Gasteiger partial charge in [0.1, 0.15) is 17.2 Å². The summed E-state index contributed by atoms with van der Waals surface area (Å²) in [5, 5.41) is 16.5. The minimum absolute atomic E-state index is 0. The molecule has 3 rings (SSSR count). The predicted octanol–water partition coefficient (Wildman–Crippen LogP) is 3.56. The molecular formula is C21H27F2IN4O3. The molecule has 1 aliphatic heterocycles. The quantitative estimate of drug-likeness (QED) is 0.279. The van der Waals surface area contributed by atoms with Crippen LogP contribution in [0.4, 0.5) is 14.5 Å². The lowest BCUT2D eigenvalue weighted by Gasteiger charge is -2.22. The molecule has 0 aliphatic carbocycles. The number of alkyl halides is 2. The number of hydrogen-bond acceptors (Lipinski definition) is 5. The highest BCUT2D eigenvalue weighted by molar-refractivity contribution is 14.0. The van der Waals surface area contributed by atoms with E-state index in [4.69, 9.17) is 4.74 Å². The molecule has 1 aliphatic rings. The molecule has 0 radical (unpaired) electrons. The fourth-order valence-corrected chi connectivity index (χ4v) is 3.41. The zero-order valence-electron chi connectivity index (χ0n) is 17.3. The molecule has 3 N–H and O–H groups in total. The monoisotopic (exact) mass is 548 g/mol. The zero-order valence-corrected chi connectivity index (χ0v) is 19.7. The molecule has 0 aromatic heterocycles. The summed E-state index contributed by atoms with van der Waals surface area (Å²) < 4.78 is 35.2. The van der Waals surface area contributed by atoms with Crippen molar-refractivity contribution in [2.24, 2.45) is 4.99 Å². The summed E-state index contributed by atoms with van der Waals surface area (Å²) >= 11 is 0. The van der Waals surface area contributed by atoms with E-state index in [0.29, 0.717) is 42.6 Å². The van der Waals surface area contributed by atoms with Crippen LogP contribution in [0.5, 0.6) is 17.2 Å². The van der Waals surface area contributed by atoms with E-state index in [-0.39, 0.29) is 41.5 Å². The maximum atomic E-state index is 12.7. The molecule has 1 fully saturated rings. The molecule has 0 amide bonds. The number of para-hydroxylation sites is 2. The first-order chi connectivity index (χ1) is 14.5. The molecule has 0 spiro atoms. The molecular weight excluding hydrogens is 521 g/mol. The van der Waals surface area contributed by atoms with E-state index in [1.165, 1.54) is 0 Å². The Morgan fingerprint density at radius 1 is 1.29 bits per heavy atom. The van der Waals surface area contributed by atoms with Crippen molar-refractivity contribution in [3.05, 3.63) is 48.0 Å². The fraction of sp³-hybridized carbons (Fsp3) is 0.381. The summed E-state index contributed by atoms with van der Waals surface area (Å²) in [6.07, 6.45) is 0.814. The standard InChI is InChI=1S/C21H26F2N4O3.HI/c1-24-21(25-12-14-11-16(29-2)7-8-18(14)28)26-15-9-10-27(13-15)17-5-3-4-6-19(17)30-20(22)23;/h3-8,11,15,20,28H,9-10,12-13H2,1-2H3,(H2,24,25,26);1H. The van der Waals surface area contributed by atoms with E-state index in [1.807, 2.05) is 4.90 Å². The van der Waals surface area contributed by atoms with Gasteiger partial charge < -0.3 is 30.1 Å². The van der Waals surface area contributed by atoms with Crippen molar-refractivity contribution in [1.82, 2.24) is 10.6 Å². The van der Waals surface area contributed by atoms with Gasteiger partial charge in [0.05, 0.1) is 12.8 Å². The van der Waals surface area contributed by atoms with Gasteiger partial charge in [-0.3, -0.25) is 4.99 Å². The number of methoxy groups -OCH3 is 1. The predicted molar refractivity (Wildman–Crippen MR) is 127 cm³/mol. The number of phenols is 1. The van der Waals surface area contributed by atoms with Gasteiger partial charge in [0.15, 0.2) is 5.96 Å². The van der Waals surface area contributed by atoms with Crippen molar-refractivity contribution in [1.29, 1.82) is 0 Å². The Kier molecular flexibility index (Phi) is 9.41. The maximum absolute atomic E-state index is 12.7. The van der Waals surface area contributed by atoms with Crippen LogP contribution in [0, 0.1) is 0 Å². The van der Waals surface area contributed by atoms with Crippen LogP contribution in [0.1, 0.15) is 12.0 Å². The largest absolute Gasteiger partial charge is 0.508 e. The van der Waals surface area contributed by atoms with E-state index in [2.05, 4.69) is 20.4 Å². The number of halogens is 3. The summed E-state index contributed by atoms with van der Waals surface area (Å²) in [7, 11) is 3.24. The minimum Gasteiger partial charge on any atom is -0.508 e. The van der Waals surface area contributed by atoms with Gasteiger partial charge in [0.25, 0.3) is 0 Å². The molecule has 7 nitrogen and oxygen atoms in total. The number of hydrogen-bond donors (Lipinski definition) is 3. The minimum atomic E-state index is -2.86. The lowest BCUT2D eigenvalue weighted by molar-refractivity contribution is -0.0495. The van der Waals surface area contributed by atoms with Gasteiger partial charge in [-0.1, -0.05) is 12.1 Å². The number of phenolic OH excluding ortho intramolecular Hbond substituents is 1. The van der Waals surface area contributed by atoms with E-state index >= 15 is 0 Å². The molecule has 2 aromatic rings. The molecule has 31 heavy (non-hydrogen) atoms. The lowest BCUT2D eigenvalue weighted by atomic mass is 10.2. The summed E-state index contributed by atoms with van der Waals surface area (Å²) in [6.45, 7) is -1.17. The number of nitrogens with zero attached hydrogens (tertiary/aromatic N) is 2. The van der Waals surface area contributed by atoms with Crippen LogP contribution in [0.2, 0.25) is 0 Å². The smallest absolute Gasteiger partial charge is 0.387 e. The third-order valence-electron chi connectivity index (χ3n) is 4.91. The van der Waals surface area contributed by atoms with Gasteiger partial charge in [-0.25, -0.2) is 0 Å². The third-order valence-corrected chi connectivity index (χ3v) is 4.91. The van der Waals surface area contributed by atoms with Crippen molar-refractivity contribution in [3.63, 3.8) is 0 Å². The Bertz CT molecular complexity index is 885. The molecule has 1 saturated heterocycles. The van der Waals surface area contributed by atoms with Crippen LogP contribution < -0.4 is 25.0 Å². The number of guanidine groups is 1. The Morgan fingerprint density at radius 3 is 2.77 bits per heavy atom. The van der Waals surface area contributed by atoms with Gasteiger partial charge >= 0.3 is 6.61 Å². The van der Waals surface area contributed by atoms with Gasteiger partial charge in [-0.05, 0) is 36.8 Å². The highest BCUT2D eigenvalue weighted by Crippen LogP contribution is 2.31. The third kappa shape index (κ3) is 6.74. The van der Waals surface area contributed by atoms with Crippen molar-refractivity contribution in [3.8, 4) is 17.2 Å². The topological polar surface area (TPSA) is 78.4 Å². The summed E-state index contributed by atoms with van der Waals surface area (Å²) in [6, 6.07) is 11.9.